The summed E-state index contributed by atoms with van der Waals surface area (Å²) in [5.74, 6) is -0.0672. The molecule has 9 N–H and O–H groups in total. The molecule has 46 heavy (non-hydrogen) atoms. The molecule has 13 heteroatoms. The predicted octanol–water partition coefficient (Wildman–Crippen LogP) is 0.123. The van der Waals surface area contributed by atoms with Gasteiger partial charge in [-0.05, 0) is 18.2 Å². The second-order valence-electron chi connectivity index (χ2n) is 10.6. The molecule has 248 valence electrons. The first-order valence-electron chi connectivity index (χ1n) is 15.3. The van der Waals surface area contributed by atoms with Gasteiger partial charge in [-0.3, -0.25) is 19.3 Å². The molecule has 3 aromatic rings. The fourth-order valence-corrected chi connectivity index (χ4v) is 4.50. The Morgan fingerprint density at radius 2 is 0.761 bits per heavy atom. The van der Waals surface area contributed by atoms with E-state index >= 15 is 0 Å². The zero-order valence-corrected chi connectivity index (χ0v) is 25.9. The zero-order valence-electron chi connectivity index (χ0n) is 25.9. The third-order valence-corrected chi connectivity index (χ3v) is 7.03. The SMILES string of the molecule is O=C(CNCc1ccccc1O)NCCN(CCNC(=O)CNCc1ccccc1O)CCNC(=O)CNCc1ccccc1O. The first-order valence-corrected chi connectivity index (χ1v) is 15.3. The molecule has 0 heterocycles. The van der Waals surface area contributed by atoms with Crippen molar-refractivity contribution >= 4 is 17.7 Å². The molecule has 0 aliphatic carbocycles. The van der Waals surface area contributed by atoms with Gasteiger partial charge in [0.05, 0.1) is 19.6 Å². The van der Waals surface area contributed by atoms with E-state index in [1.807, 2.05) is 23.1 Å². The minimum Gasteiger partial charge on any atom is -0.508 e. The van der Waals surface area contributed by atoms with Gasteiger partial charge in [0.15, 0.2) is 0 Å². The van der Waals surface area contributed by atoms with Gasteiger partial charge >= 0.3 is 0 Å². The minimum atomic E-state index is -0.192. The number of benzene rings is 3. The van der Waals surface area contributed by atoms with E-state index in [0.717, 1.165) is 0 Å². The van der Waals surface area contributed by atoms with Crippen molar-refractivity contribution in [3.63, 3.8) is 0 Å². The second-order valence-corrected chi connectivity index (χ2v) is 10.6. The van der Waals surface area contributed by atoms with Crippen LogP contribution in [-0.2, 0) is 34.0 Å². The van der Waals surface area contributed by atoms with Crippen LogP contribution in [0.3, 0.4) is 0 Å². The maximum Gasteiger partial charge on any atom is 0.234 e. The van der Waals surface area contributed by atoms with Gasteiger partial charge in [-0.15, -0.1) is 0 Å². The molecule has 0 aliphatic rings. The fraction of sp³-hybridized carbons (Fsp3) is 0.364. The lowest BCUT2D eigenvalue weighted by Gasteiger charge is -2.23. The smallest absolute Gasteiger partial charge is 0.234 e. The number of rotatable bonds is 21. The summed E-state index contributed by atoms with van der Waals surface area (Å²) >= 11 is 0. The van der Waals surface area contributed by atoms with Crippen LogP contribution in [0.15, 0.2) is 72.8 Å². The highest BCUT2D eigenvalue weighted by molar-refractivity contribution is 5.78. The molecular formula is C33H45N7O6. The van der Waals surface area contributed by atoms with Crippen molar-refractivity contribution in [3.8, 4) is 17.2 Å². The van der Waals surface area contributed by atoms with Crippen LogP contribution in [0.2, 0.25) is 0 Å². The van der Waals surface area contributed by atoms with Crippen LogP contribution in [0.4, 0.5) is 0 Å². The van der Waals surface area contributed by atoms with E-state index in [2.05, 4.69) is 31.9 Å². The van der Waals surface area contributed by atoms with Crippen LogP contribution in [0.5, 0.6) is 17.2 Å². The second kappa shape index (κ2) is 20.4. The number of amides is 3. The third-order valence-electron chi connectivity index (χ3n) is 7.03. The Hall–Kier alpha value is -4.69. The van der Waals surface area contributed by atoms with E-state index in [9.17, 15) is 29.7 Å². The summed E-state index contributed by atoms with van der Waals surface area (Å²) in [6.45, 7) is 3.90. The van der Waals surface area contributed by atoms with Gasteiger partial charge < -0.3 is 47.2 Å². The summed E-state index contributed by atoms with van der Waals surface area (Å²) < 4.78 is 0. The van der Waals surface area contributed by atoms with Gasteiger partial charge in [-0.25, -0.2) is 0 Å². The summed E-state index contributed by atoms with van der Waals surface area (Å²) in [6.07, 6.45) is 0. The molecular weight excluding hydrogens is 590 g/mol. The summed E-state index contributed by atoms with van der Waals surface area (Å²) in [5, 5.41) is 47.2. The quantitative estimate of drug-likeness (QED) is 0.0779. The standard InChI is InChI=1S/C33H45N7O6/c41-28-10-4-1-7-25(28)19-34-22-31(44)37-13-16-40(17-14-38-32(45)23-35-20-26-8-2-5-11-29(26)42)18-15-39-33(46)24-36-21-27-9-3-6-12-30(27)43/h1-12,34-36,41-43H,13-24H2,(H,37,44)(H,38,45)(H,39,46). The van der Waals surface area contributed by atoms with E-state index < -0.39 is 0 Å². The highest BCUT2D eigenvalue weighted by atomic mass is 16.3. The van der Waals surface area contributed by atoms with Gasteiger partial charge in [0.25, 0.3) is 0 Å². The van der Waals surface area contributed by atoms with Crippen molar-refractivity contribution in [1.29, 1.82) is 0 Å². The van der Waals surface area contributed by atoms with Crippen LogP contribution in [-0.4, -0.2) is 96.8 Å². The summed E-state index contributed by atoms with van der Waals surface area (Å²) in [4.78, 5) is 39.1. The van der Waals surface area contributed by atoms with Crippen molar-refractivity contribution in [1.82, 2.24) is 36.8 Å². The number of aromatic hydroxyl groups is 3. The number of phenols is 3. The summed E-state index contributed by atoms with van der Waals surface area (Å²) in [5.41, 5.74) is 2.10. The zero-order chi connectivity index (χ0) is 33.0. The number of phenolic OH excluding ortho intramolecular Hbond substituents is 3. The fourth-order valence-electron chi connectivity index (χ4n) is 4.50. The largest absolute Gasteiger partial charge is 0.508 e. The number of para-hydroxylation sites is 3. The molecule has 3 rings (SSSR count). The Morgan fingerprint density at radius 3 is 1.04 bits per heavy atom. The van der Waals surface area contributed by atoms with Crippen LogP contribution in [0.25, 0.3) is 0 Å². The lowest BCUT2D eigenvalue weighted by Crippen LogP contribution is -2.45. The highest BCUT2D eigenvalue weighted by Gasteiger charge is 2.10. The summed E-state index contributed by atoms with van der Waals surface area (Å²) in [6, 6.07) is 20.8. The maximum atomic E-state index is 12.3. The van der Waals surface area contributed by atoms with Gasteiger partial charge in [0, 0.05) is 75.6 Å². The Kier molecular flexibility index (Phi) is 15.8. The van der Waals surface area contributed by atoms with Crippen LogP contribution >= 0.6 is 0 Å². The number of nitrogens with zero attached hydrogens (tertiary/aromatic N) is 1. The normalized spacial score (nSPS) is 10.9. The van der Waals surface area contributed by atoms with Crippen molar-refractivity contribution in [2.45, 2.75) is 19.6 Å². The van der Waals surface area contributed by atoms with Crippen molar-refractivity contribution in [2.75, 3.05) is 58.9 Å². The molecule has 0 radical (unpaired) electrons. The van der Waals surface area contributed by atoms with E-state index in [4.69, 9.17) is 0 Å². The lowest BCUT2D eigenvalue weighted by atomic mass is 10.2. The number of hydrogen-bond donors (Lipinski definition) is 9. The molecule has 0 spiro atoms. The van der Waals surface area contributed by atoms with Gasteiger partial charge in [-0.2, -0.15) is 0 Å². The number of carbonyl (C=O) groups excluding carboxylic acids is 3. The molecule has 0 saturated carbocycles. The van der Waals surface area contributed by atoms with E-state index in [1.54, 1.807) is 54.6 Å². The Balaban J connectivity index is 1.37. The third kappa shape index (κ3) is 13.9. The van der Waals surface area contributed by atoms with Crippen LogP contribution in [0.1, 0.15) is 16.7 Å². The molecule has 0 bridgehead atoms. The molecule has 0 aliphatic heterocycles. The maximum absolute atomic E-state index is 12.3. The monoisotopic (exact) mass is 635 g/mol. The van der Waals surface area contributed by atoms with E-state index in [0.29, 0.717) is 75.6 Å². The highest BCUT2D eigenvalue weighted by Crippen LogP contribution is 2.16. The van der Waals surface area contributed by atoms with Crippen molar-refractivity contribution in [3.05, 3.63) is 89.5 Å². The van der Waals surface area contributed by atoms with Gasteiger partial charge in [0.1, 0.15) is 17.2 Å². The molecule has 13 nitrogen and oxygen atoms in total. The van der Waals surface area contributed by atoms with E-state index in [-0.39, 0.29) is 54.6 Å². The Morgan fingerprint density at radius 1 is 0.478 bits per heavy atom. The topological polar surface area (TPSA) is 187 Å². The number of hydrogen-bond acceptors (Lipinski definition) is 10. The Labute approximate surface area is 269 Å². The molecule has 3 aromatic carbocycles. The first-order chi connectivity index (χ1) is 22.3. The molecule has 3 amide bonds. The molecule has 0 unspecified atom stereocenters. The van der Waals surface area contributed by atoms with Gasteiger partial charge in [-0.1, -0.05) is 54.6 Å². The Bertz CT molecular complexity index is 1220. The predicted molar refractivity (Wildman–Crippen MR) is 175 cm³/mol. The molecule has 0 atom stereocenters. The average molecular weight is 636 g/mol. The van der Waals surface area contributed by atoms with Crippen molar-refractivity contribution < 1.29 is 29.7 Å². The lowest BCUT2D eigenvalue weighted by molar-refractivity contribution is -0.120. The molecule has 0 saturated heterocycles. The number of carbonyl (C=O) groups is 3. The van der Waals surface area contributed by atoms with Gasteiger partial charge in [0.2, 0.25) is 17.7 Å². The first kappa shape index (κ1) is 35.8. The summed E-state index contributed by atoms with van der Waals surface area (Å²) in [7, 11) is 0. The molecule has 0 aromatic heterocycles. The number of nitrogens with one attached hydrogen (secondary N) is 6. The molecule has 0 fully saturated rings. The van der Waals surface area contributed by atoms with E-state index in [1.165, 1.54) is 0 Å². The average Bonchev–Trinajstić information content (AvgIpc) is 3.03. The van der Waals surface area contributed by atoms with Crippen LogP contribution in [0, 0.1) is 0 Å². The van der Waals surface area contributed by atoms with Crippen LogP contribution < -0.4 is 31.9 Å². The van der Waals surface area contributed by atoms with Crippen molar-refractivity contribution in [2.24, 2.45) is 0 Å². The minimum absolute atomic E-state index is 0.0853.